The molecule has 108 valence electrons. The van der Waals surface area contributed by atoms with E-state index in [1.54, 1.807) is 25.1 Å². The molecule has 0 radical (unpaired) electrons. The number of nitro benzene ring substituents is 1. The fourth-order valence-corrected chi connectivity index (χ4v) is 2.00. The topological polar surface area (TPSA) is 98.0 Å². The number of benzene rings is 1. The molecule has 0 saturated heterocycles. The summed E-state index contributed by atoms with van der Waals surface area (Å²) < 4.78 is 0. The van der Waals surface area contributed by atoms with Crippen molar-refractivity contribution in [2.75, 3.05) is 5.32 Å². The summed E-state index contributed by atoms with van der Waals surface area (Å²) in [6.07, 6.45) is -0.147. The molecule has 1 aromatic carbocycles. The van der Waals surface area contributed by atoms with E-state index in [0.717, 1.165) is 0 Å². The smallest absolute Gasteiger partial charge is 0.273 e. The number of nitrogens with one attached hydrogen (secondary N) is 1. The van der Waals surface area contributed by atoms with Crippen LogP contribution in [0.3, 0.4) is 0 Å². The van der Waals surface area contributed by atoms with Gasteiger partial charge in [-0.25, -0.2) is 9.97 Å². The van der Waals surface area contributed by atoms with Crippen molar-refractivity contribution >= 4 is 29.1 Å². The van der Waals surface area contributed by atoms with Crippen LogP contribution in [0.4, 0.5) is 11.6 Å². The number of aromatic nitrogens is 2. The number of carbonyl (C=O) groups excluding carboxylic acids is 1. The molecule has 0 saturated carbocycles. The molecular weight excluding hydrogens is 296 g/mol. The highest BCUT2D eigenvalue weighted by atomic mass is 35.5. The lowest BCUT2D eigenvalue weighted by Crippen LogP contribution is -2.17. The molecule has 8 heteroatoms. The lowest BCUT2D eigenvalue weighted by molar-refractivity contribution is -0.385. The zero-order chi connectivity index (χ0) is 15.4. The van der Waals surface area contributed by atoms with E-state index >= 15 is 0 Å². The molecule has 1 N–H and O–H groups in total. The van der Waals surface area contributed by atoms with Crippen molar-refractivity contribution in [3.05, 3.63) is 56.9 Å². The number of para-hydroxylation sites is 1. The second-order valence-corrected chi connectivity index (χ2v) is 4.65. The lowest BCUT2D eigenvalue weighted by atomic mass is 10.1. The molecule has 1 heterocycles. The summed E-state index contributed by atoms with van der Waals surface area (Å²) in [5.74, 6) is -0.380. The third-order valence-corrected chi connectivity index (χ3v) is 2.81. The number of halogens is 1. The largest absolute Gasteiger partial charge is 0.294 e. The molecule has 1 aromatic heterocycles. The van der Waals surface area contributed by atoms with E-state index < -0.39 is 10.8 Å². The van der Waals surface area contributed by atoms with Gasteiger partial charge < -0.3 is 0 Å². The Morgan fingerprint density at radius 3 is 2.76 bits per heavy atom. The maximum Gasteiger partial charge on any atom is 0.273 e. The van der Waals surface area contributed by atoms with Gasteiger partial charge in [0.1, 0.15) is 5.15 Å². The van der Waals surface area contributed by atoms with Crippen LogP contribution in [0.1, 0.15) is 11.3 Å². The lowest BCUT2D eigenvalue weighted by Gasteiger charge is -2.05. The first-order valence-corrected chi connectivity index (χ1v) is 6.37. The van der Waals surface area contributed by atoms with Crippen LogP contribution >= 0.6 is 11.6 Å². The molecule has 7 nitrogen and oxygen atoms in total. The molecule has 1 amide bonds. The quantitative estimate of drug-likeness (QED) is 0.531. The van der Waals surface area contributed by atoms with E-state index in [1.807, 2.05) is 0 Å². The van der Waals surface area contributed by atoms with Crippen molar-refractivity contribution in [2.45, 2.75) is 13.3 Å². The molecule has 2 aromatic rings. The summed E-state index contributed by atoms with van der Waals surface area (Å²) in [5, 5.41) is 13.6. The zero-order valence-electron chi connectivity index (χ0n) is 11.0. The minimum Gasteiger partial charge on any atom is -0.294 e. The molecule has 21 heavy (non-hydrogen) atoms. The molecule has 0 aliphatic heterocycles. The first-order chi connectivity index (χ1) is 9.95. The third kappa shape index (κ3) is 3.96. The van der Waals surface area contributed by atoms with E-state index in [0.29, 0.717) is 11.3 Å². The number of carbonyl (C=O) groups is 1. The Kier molecular flexibility index (Phi) is 4.44. The molecule has 0 unspecified atom stereocenters. The van der Waals surface area contributed by atoms with Gasteiger partial charge in [0.25, 0.3) is 5.69 Å². The minimum atomic E-state index is -0.525. The third-order valence-electron chi connectivity index (χ3n) is 2.61. The van der Waals surface area contributed by atoms with Crippen LogP contribution in [0.2, 0.25) is 5.15 Å². The van der Waals surface area contributed by atoms with Crippen LogP contribution < -0.4 is 5.32 Å². The van der Waals surface area contributed by atoms with Gasteiger partial charge in [-0.15, -0.1) is 0 Å². The fourth-order valence-electron chi connectivity index (χ4n) is 1.77. The standard InChI is InChI=1S/C13H11ClN4O3/c1-8-6-11(14)16-13(15-8)17-12(19)7-9-4-2-3-5-10(9)18(20)21/h2-6H,7H2,1H3,(H,15,16,17,19). The Hall–Kier alpha value is -2.54. The Morgan fingerprint density at radius 1 is 1.38 bits per heavy atom. The molecule has 2 rings (SSSR count). The van der Waals surface area contributed by atoms with Gasteiger partial charge in [0.2, 0.25) is 11.9 Å². The summed E-state index contributed by atoms with van der Waals surface area (Å²) in [5.41, 5.74) is 0.825. The minimum absolute atomic E-state index is 0.0728. The van der Waals surface area contributed by atoms with Crippen molar-refractivity contribution in [1.82, 2.24) is 9.97 Å². The van der Waals surface area contributed by atoms with Crippen LogP contribution in [-0.4, -0.2) is 20.8 Å². The molecule has 0 atom stereocenters. The van der Waals surface area contributed by atoms with Crippen molar-refractivity contribution in [1.29, 1.82) is 0 Å². The van der Waals surface area contributed by atoms with Crippen LogP contribution in [0.5, 0.6) is 0 Å². The number of rotatable bonds is 4. The average molecular weight is 307 g/mol. The number of hydrogen-bond acceptors (Lipinski definition) is 5. The van der Waals surface area contributed by atoms with Crippen LogP contribution in [-0.2, 0) is 11.2 Å². The Bertz CT molecular complexity index is 685. The highest BCUT2D eigenvalue weighted by molar-refractivity contribution is 6.29. The van der Waals surface area contributed by atoms with E-state index in [9.17, 15) is 14.9 Å². The van der Waals surface area contributed by atoms with Gasteiger partial charge in [0.05, 0.1) is 11.3 Å². The van der Waals surface area contributed by atoms with Gasteiger partial charge in [0, 0.05) is 17.3 Å². The van der Waals surface area contributed by atoms with Crippen molar-refractivity contribution in [3.8, 4) is 0 Å². The molecule has 0 aliphatic rings. The maximum absolute atomic E-state index is 11.9. The Morgan fingerprint density at radius 2 is 2.10 bits per heavy atom. The first kappa shape index (κ1) is 14.9. The van der Waals surface area contributed by atoms with E-state index in [-0.39, 0.29) is 23.2 Å². The number of aryl methyl sites for hydroxylation is 1. The summed E-state index contributed by atoms with van der Waals surface area (Å²) in [6, 6.07) is 7.61. The monoisotopic (exact) mass is 306 g/mol. The highest BCUT2D eigenvalue weighted by Crippen LogP contribution is 2.18. The second-order valence-electron chi connectivity index (χ2n) is 4.27. The van der Waals surface area contributed by atoms with E-state index in [1.165, 1.54) is 12.1 Å². The number of anilines is 1. The van der Waals surface area contributed by atoms with Gasteiger partial charge in [-0.05, 0) is 13.0 Å². The predicted octanol–water partition coefficient (Wildman–Crippen LogP) is 2.53. The van der Waals surface area contributed by atoms with Crippen LogP contribution in [0.15, 0.2) is 30.3 Å². The maximum atomic E-state index is 11.9. The van der Waals surface area contributed by atoms with Gasteiger partial charge in [-0.3, -0.25) is 20.2 Å². The average Bonchev–Trinajstić information content (AvgIpc) is 2.37. The Labute approximate surface area is 125 Å². The zero-order valence-corrected chi connectivity index (χ0v) is 11.8. The second kappa shape index (κ2) is 6.27. The van der Waals surface area contributed by atoms with Gasteiger partial charge >= 0.3 is 0 Å². The molecule has 0 spiro atoms. The summed E-state index contributed by atoms with van der Waals surface area (Å²) in [7, 11) is 0. The molecule has 0 bridgehead atoms. The van der Waals surface area contributed by atoms with Crippen molar-refractivity contribution in [2.24, 2.45) is 0 Å². The summed E-state index contributed by atoms with van der Waals surface area (Å²) in [4.78, 5) is 30.2. The number of nitrogens with zero attached hydrogens (tertiary/aromatic N) is 3. The summed E-state index contributed by atoms with van der Waals surface area (Å²) >= 11 is 5.77. The molecule has 0 aliphatic carbocycles. The molecular formula is C13H11ClN4O3. The van der Waals surface area contributed by atoms with Crippen molar-refractivity contribution in [3.63, 3.8) is 0 Å². The Balaban J connectivity index is 2.14. The van der Waals surface area contributed by atoms with E-state index in [4.69, 9.17) is 11.6 Å². The first-order valence-electron chi connectivity index (χ1n) is 5.99. The molecule has 0 fully saturated rings. The van der Waals surface area contributed by atoms with Gasteiger partial charge in [0.15, 0.2) is 0 Å². The van der Waals surface area contributed by atoms with Gasteiger partial charge in [-0.2, -0.15) is 0 Å². The van der Waals surface area contributed by atoms with Crippen LogP contribution in [0, 0.1) is 17.0 Å². The normalized spacial score (nSPS) is 10.2. The van der Waals surface area contributed by atoms with Crippen LogP contribution in [0.25, 0.3) is 0 Å². The van der Waals surface area contributed by atoms with E-state index in [2.05, 4.69) is 15.3 Å². The number of amides is 1. The highest BCUT2D eigenvalue weighted by Gasteiger charge is 2.16. The predicted molar refractivity (Wildman–Crippen MR) is 77.2 cm³/mol. The SMILES string of the molecule is Cc1cc(Cl)nc(NC(=O)Cc2ccccc2[N+](=O)[O-])n1. The summed E-state index contributed by atoms with van der Waals surface area (Å²) in [6.45, 7) is 1.71. The number of nitro groups is 1. The van der Waals surface area contributed by atoms with Crippen molar-refractivity contribution < 1.29 is 9.72 Å². The number of hydrogen-bond donors (Lipinski definition) is 1. The fraction of sp³-hybridized carbons (Fsp3) is 0.154. The van der Waals surface area contributed by atoms with Gasteiger partial charge in [-0.1, -0.05) is 29.8 Å².